The molecule has 0 atom stereocenters. The van der Waals surface area contributed by atoms with Crippen molar-refractivity contribution in [3.63, 3.8) is 0 Å². The molecule has 3 aromatic heterocycles. The van der Waals surface area contributed by atoms with E-state index in [4.69, 9.17) is 0 Å². The van der Waals surface area contributed by atoms with E-state index in [1.165, 1.54) is 73.3 Å². The van der Waals surface area contributed by atoms with Crippen LogP contribution in [0.5, 0.6) is 0 Å². The lowest BCUT2D eigenvalue weighted by atomic mass is 10.0. The van der Waals surface area contributed by atoms with Gasteiger partial charge in [-0.25, -0.2) is 0 Å². The lowest BCUT2D eigenvalue weighted by Gasteiger charge is -2.26. The molecular formula is C48H30N2S2. The molecule has 4 heteroatoms. The van der Waals surface area contributed by atoms with E-state index in [0.717, 1.165) is 22.7 Å². The molecule has 0 aliphatic rings. The first-order valence-electron chi connectivity index (χ1n) is 17.6. The zero-order valence-electron chi connectivity index (χ0n) is 28.0. The fourth-order valence-corrected chi connectivity index (χ4v) is 10.5. The van der Waals surface area contributed by atoms with Crippen molar-refractivity contribution in [3.05, 3.63) is 182 Å². The van der Waals surface area contributed by atoms with Crippen LogP contribution < -0.4 is 4.90 Å². The highest BCUT2D eigenvalue weighted by atomic mass is 32.1. The van der Waals surface area contributed by atoms with Crippen molar-refractivity contribution in [2.24, 2.45) is 0 Å². The summed E-state index contributed by atoms with van der Waals surface area (Å²) in [6.45, 7) is 0. The summed E-state index contributed by atoms with van der Waals surface area (Å²) in [7, 11) is 0. The highest BCUT2D eigenvalue weighted by Gasteiger charge is 2.21. The summed E-state index contributed by atoms with van der Waals surface area (Å²) in [6.07, 6.45) is 0. The van der Waals surface area contributed by atoms with Crippen LogP contribution in [-0.2, 0) is 0 Å². The minimum Gasteiger partial charge on any atom is -0.311 e. The minimum absolute atomic E-state index is 1.11. The van der Waals surface area contributed by atoms with Gasteiger partial charge in [-0.15, -0.1) is 22.7 Å². The second kappa shape index (κ2) is 11.7. The molecule has 3 heterocycles. The van der Waals surface area contributed by atoms with Gasteiger partial charge in [0.15, 0.2) is 0 Å². The Bertz CT molecular complexity index is 2970. The molecule has 11 rings (SSSR count). The van der Waals surface area contributed by atoms with Crippen LogP contribution in [0.15, 0.2) is 182 Å². The van der Waals surface area contributed by atoms with E-state index in [1.807, 2.05) is 22.7 Å². The number of nitrogens with zero attached hydrogens (tertiary/aromatic N) is 2. The average molecular weight is 699 g/mol. The normalized spacial score (nSPS) is 11.8. The maximum absolute atomic E-state index is 2.48. The Balaban J connectivity index is 1.11. The Kier molecular flexibility index (Phi) is 6.63. The van der Waals surface area contributed by atoms with Crippen LogP contribution in [0, 0.1) is 0 Å². The molecule has 0 N–H and O–H groups in total. The van der Waals surface area contributed by atoms with Gasteiger partial charge in [0.05, 0.1) is 11.0 Å². The Morgan fingerprint density at radius 1 is 0.346 bits per heavy atom. The molecule has 0 spiro atoms. The largest absolute Gasteiger partial charge is 0.311 e. The molecule has 0 saturated carbocycles. The van der Waals surface area contributed by atoms with E-state index < -0.39 is 0 Å². The summed E-state index contributed by atoms with van der Waals surface area (Å²) in [5, 5.41) is 8.01. The van der Waals surface area contributed by atoms with E-state index in [1.54, 1.807) is 0 Å². The molecule has 0 bridgehead atoms. The molecule has 0 radical (unpaired) electrons. The van der Waals surface area contributed by atoms with E-state index in [0.29, 0.717) is 0 Å². The van der Waals surface area contributed by atoms with Gasteiger partial charge < -0.3 is 9.47 Å². The molecule has 0 aliphatic carbocycles. The average Bonchev–Trinajstić information content (AvgIpc) is 3.89. The Labute approximate surface area is 308 Å². The highest BCUT2D eigenvalue weighted by molar-refractivity contribution is 7.28. The van der Waals surface area contributed by atoms with Crippen molar-refractivity contribution >= 4 is 102 Å². The quantitative estimate of drug-likeness (QED) is 0.174. The summed E-state index contributed by atoms with van der Waals surface area (Å²) in [6, 6.07) is 66.2. The summed E-state index contributed by atoms with van der Waals surface area (Å²) in [5.41, 5.74) is 9.41. The van der Waals surface area contributed by atoms with Crippen molar-refractivity contribution in [3.8, 4) is 16.8 Å². The molecule has 0 amide bonds. The van der Waals surface area contributed by atoms with Crippen LogP contribution in [-0.4, -0.2) is 4.57 Å². The zero-order valence-corrected chi connectivity index (χ0v) is 29.7. The second-order valence-corrected chi connectivity index (χ2v) is 15.4. The zero-order chi connectivity index (χ0) is 34.2. The molecule has 52 heavy (non-hydrogen) atoms. The first kappa shape index (κ1) is 29.5. The first-order valence-corrected chi connectivity index (χ1v) is 19.2. The molecule has 2 nitrogen and oxygen atoms in total. The van der Waals surface area contributed by atoms with Crippen molar-refractivity contribution in [2.45, 2.75) is 0 Å². The molecule has 0 fully saturated rings. The third kappa shape index (κ3) is 4.48. The summed E-state index contributed by atoms with van der Waals surface area (Å²) in [5.74, 6) is 0. The number of thiophene rings is 2. The predicted molar refractivity (Wildman–Crippen MR) is 227 cm³/mol. The van der Waals surface area contributed by atoms with E-state index in [-0.39, 0.29) is 0 Å². The Hall–Kier alpha value is -6.20. The minimum atomic E-state index is 1.11. The van der Waals surface area contributed by atoms with Gasteiger partial charge in [0.2, 0.25) is 0 Å². The number of aromatic nitrogens is 1. The van der Waals surface area contributed by atoms with Crippen molar-refractivity contribution in [1.29, 1.82) is 0 Å². The monoisotopic (exact) mass is 698 g/mol. The smallest absolute Gasteiger partial charge is 0.0556 e. The fourth-order valence-electron chi connectivity index (χ4n) is 8.03. The topological polar surface area (TPSA) is 8.17 Å². The number of rotatable bonds is 5. The van der Waals surface area contributed by atoms with Crippen LogP contribution in [0.25, 0.3) is 79.0 Å². The van der Waals surface area contributed by atoms with Crippen molar-refractivity contribution in [2.75, 3.05) is 4.90 Å². The SMILES string of the molecule is c1ccc(-c2ccc(N(c3ccccc3)c3ccc(-n4c5ccc6c7ccccc7sc6c5c5c6sc7ccccc7c6ccc54)cc3)cc2)cc1. The van der Waals surface area contributed by atoms with Crippen LogP contribution in [0.4, 0.5) is 17.1 Å². The maximum Gasteiger partial charge on any atom is 0.0556 e. The third-order valence-corrected chi connectivity index (χ3v) is 12.8. The molecule has 0 aliphatic heterocycles. The number of anilines is 3. The van der Waals surface area contributed by atoms with Crippen LogP contribution in [0.3, 0.4) is 0 Å². The summed E-state index contributed by atoms with van der Waals surface area (Å²) in [4.78, 5) is 2.34. The van der Waals surface area contributed by atoms with Crippen LogP contribution in [0.1, 0.15) is 0 Å². The van der Waals surface area contributed by atoms with Gasteiger partial charge in [-0.1, -0.05) is 109 Å². The van der Waals surface area contributed by atoms with Crippen LogP contribution in [0.2, 0.25) is 0 Å². The summed E-state index contributed by atoms with van der Waals surface area (Å²) < 4.78 is 7.86. The molecule has 0 unspecified atom stereocenters. The highest BCUT2D eigenvalue weighted by Crippen LogP contribution is 2.48. The van der Waals surface area contributed by atoms with Gasteiger partial charge in [-0.3, -0.25) is 0 Å². The number of para-hydroxylation sites is 1. The van der Waals surface area contributed by atoms with Gasteiger partial charge >= 0.3 is 0 Å². The molecular weight excluding hydrogens is 669 g/mol. The lowest BCUT2D eigenvalue weighted by Crippen LogP contribution is -2.10. The standard InChI is InChI=1S/C48H30N2S2/c1-3-11-31(12-4-1)32-19-21-34(22-20-32)49(33-13-5-2-6-14-33)35-23-25-36(26-24-35)50-41-29-27-39-37-15-7-9-17-43(37)51-47(39)45(41)46-42(50)30-28-40-38-16-8-10-18-44(38)52-48(40)46/h1-30H. The van der Waals surface area contributed by atoms with Gasteiger partial charge in [-0.2, -0.15) is 0 Å². The molecule has 244 valence electrons. The first-order chi connectivity index (χ1) is 25.8. The predicted octanol–water partition coefficient (Wildman–Crippen LogP) is 14.7. The Morgan fingerprint density at radius 3 is 1.35 bits per heavy atom. The molecule has 11 aromatic rings. The molecule has 0 saturated heterocycles. The maximum atomic E-state index is 2.48. The van der Waals surface area contributed by atoms with Crippen molar-refractivity contribution < 1.29 is 0 Å². The van der Waals surface area contributed by atoms with Crippen LogP contribution >= 0.6 is 22.7 Å². The Morgan fingerprint density at radius 2 is 0.788 bits per heavy atom. The number of benzene rings is 8. The van der Waals surface area contributed by atoms with Crippen molar-refractivity contribution in [1.82, 2.24) is 4.57 Å². The molecule has 8 aromatic carbocycles. The van der Waals surface area contributed by atoms with E-state index in [2.05, 4.69) is 191 Å². The van der Waals surface area contributed by atoms with E-state index >= 15 is 0 Å². The summed E-state index contributed by atoms with van der Waals surface area (Å²) >= 11 is 3.83. The number of hydrogen-bond donors (Lipinski definition) is 0. The fraction of sp³-hybridized carbons (Fsp3) is 0. The third-order valence-electron chi connectivity index (χ3n) is 10.4. The van der Waals surface area contributed by atoms with E-state index in [9.17, 15) is 0 Å². The van der Waals surface area contributed by atoms with Gasteiger partial charge in [0, 0.05) is 73.9 Å². The number of hydrogen-bond acceptors (Lipinski definition) is 3. The lowest BCUT2D eigenvalue weighted by molar-refractivity contribution is 1.18. The van der Waals surface area contributed by atoms with Gasteiger partial charge in [0.25, 0.3) is 0 Å². The van der Waals surface area contributed by atoms with Gasteiger partial charge in [0.1, 0.15) is 0 Å². The van der Waals surface area contributed by atoms with Gasteiger partial charge in [-0.05, 0) is 83.9 Å². The second-order valence-electron chi connectivity index (χ2n) is 13.3. The number of fused-ring (bicyclic) bond motifs is 11.